The lowest BCUT2D eigenvalue weighted by atomic mass is 10.1. The minimum Gasteiger partial charge on any atom is -0.454 e. The summed E-state index contributed by atoms with van der Waals surface area (Å²) in [6.45, 7) is 4.85. The number of benzene rings is 1. The molecule has 1 unspecified atom stereocenters. The van der Waals surface area contributed by atoms with E-state index in [4.69, 9.17) is 9.47 Å². The van der Waals surface area contributed by atoms with E-state index < -0.39 is 0 Å². The third-order valence-corrected chi connectivity index (χ3v) is 2.80. The number of nitrogens with zero attached hydrogens (tertiary/aromatic N) is 1. The molecule has 0 aliphatic carbocycles. The molecule has 0 aromatic heterocycles. The molecule has 0 bridgehead atoms. The smallest absolute Gasteiger partial charge is 0.231 e. The highest BCUT2D eigenvalue weighted by atomic mass is 16.7. The van der Waals surface area contributed by atoms with Crippen molar-refractivity contribution in [2.75, 3.05) is 13.3 Å². The zero-order valence-electron chi connectivity index (χ0n) is 9.64. The maximum Gasteiger partial charge on any atom is 0.231 e. The van der Waals surface area contributed by atoms with Crippen molar-refractivity contribution in [3.63, 3.8) is 0 Å². The molecule has 0 saturated carbocycles. The molecule has 2 rings (SSSR count). The molecule has 16 heavy (non-hydrogen) atoms. The highest BCUT2D eigenvalue weighted by Crippen LogP contribution is 2.32. The third-order valence-electron chi connectivity index (χ3n) is 2.80. The molecule has 1 aliphatic rings. The summed E-state index contributed by atoms with van der Waals surface area (Å²) < 4.78 is 10.6. The maximum atomic E-state index is 9.56. The van der Waals surface area contributed by atoms with Gasteiger partial charge in [-0.3, -0.25) is 0 Å². The first-order valence-electron chi connectivity index (χ1n) is 5.54. The van der Waals surface area contributed by atoms with Crippen LogP contribution in [0.1, 0.15) is 19.4 Å². The first-order chi connectivity index (χ1) is 7.70. The molecule has 1 aliphatic heterocycles. The van der Waals surface area contributed by atoms with Crippen LogP contribution in [0.3, 0.4) is 0 Å². The average Bonchev–Trinajstić information content (AvgIpc) is 2.75. The first kappa shape index (κ1) is 11.2. The van der Waals surface area contributed by atoms with Crippen LogP contribution in [0, 0.1) is 0 Å². The van der Waals surface area contributed by atoms with Crippen molar-refractivity contribution < 1.29 is 14.7 Å². The van der Waals surface area contributed by atoms with Crippen LogP contribution in [0.4, 0.5) is 0 Å². The number of hydrogen-bond acceptors (Lipinski definition) is 4. The molecule has 0 fully saturated rings. The van der Waals surface area contributed by atoms with E-state index in [0.29, 0.717) is 13.3 Å². The Kier molecular flexibility index (Phi) is 3.31. The second kappa shape index (κ2) is 4.72. The summed E-state index contributed by atoms with van der Waals surface area (Å²) in [4.78, 5) is 0. The lowest BCUT2D eigenvalue weighted by Crippen LogP contribution is -2.31. The van der Waals surface area contributed by atoms with Crippen molar-refractivity contribution in [2.24, 2.45) is 0 Å². The van der Waals surface area contributed by atoms with E-state index in [1.54, 1.807) is 0 Å². The zero-order valence-corrected chi connectivity index (χ0v) is 9.64. The van der Waals surface area contributed by atoms with Crippen molar-refractivity contribution in [3.05, 3.63) is 23.8 Å². The summed E-state index contributed by atoms with van der Waals surface area (Å²) in [5, 5.41) is 10.9. The standard InChI is InChI=1S/C12H17NO3/c1-3-13(14)9(2)6-10-4-5-11-12(7-10)16-8-15-11/h4-5,7,9,14H,3,6,8H2,1-2H3. The van der Waals surface area contributed by atoms with Crippen LogP contribution in [-0.4, -0.2) is 29.7 Å². The molecular weight excluding hydrogens is 206 g/mol. The van der Waals surface area contributed by atoms with Crippen LogP contribution in [0.2, 0.25) is 0 Å². The highest BCUT2D eigenvalue weighted by molar-refractivity contribution is 5.44. The predicted octanol–water partition coefficient (Wildman–Crippen LogP) is 2.06. The minimum absolute atomic E-state index is 0.102. The second-order valence-corrected chi connectivity index (χ2v) is 4.00. The monoisotopic (exact) mass is 223 g/mol. The maximum absolute atomic E-state index is 9.56. The van der Waals surface area contributed by atoms with Crippen LogP contribution in [0.5, 0.6) is 11.5 Å². The number of rotatable bonds is 4. The molecule has 0 amide bonds. The fourth-order valence-electron chi connectivity index (χ4n) is 1.83. The molecule has 1 aromatic rings. The van der Waals surface area contributed by atoms with Crippen LogP contribution in [0.25, 0.3) is 0 Å². The Morgan fingerprint density at radius 2 is 2.12 bits per heavy atom. The van der Waals surface area contributed by atoms with Crippen molar-refractivity contribution >= 4 is 0 Å². The van der Waals surface area contributed by atoms with E-state index in [1.165, 1.54) is 5.06 Å². The lowest BCUT2D eigenvalue weighted by molar-refractivity contribution is -0.117. The Morgan fingerprint density at radius 1 is 1.38 bits per heavy atom. The van der Waals surface area contributed by atoms with Gasteiger partial charge in [0.15, 0.2) is 11.5 Å². The molecule has 1 atom stereocenters. The zero-order chi connectivity index (χ0) is 11.5. The second-order valence-electron chi connectivity index (χ2n) is 4.00. The Labute approximate surface area is 95.4 Å². The van der Waals surface area contributed by atoms with E-state index in [1.807, 2.05) is 32.0 Å². The highest BCUT2D eigenvalue weighted by Gasteiger charge is 2.15. The average molecular weight is 223 g/mol. The van der Waals surface area contributed by atoms with E-state index in [2.05, 4.69) is 0 Å². The molecular formula is C12H17NO3. The van der Waals surface area contributed by atoms with Gasteiger partial charge in [0.05, 0.1) is 0 Å². The van der Waals surface area contributed by atoms with Crippen LogP contribution < -0.4 is 9.47 Å². The van der Waals surface area contributed by atoms with Crippen molar-refractivity contribution in [3.8, 4) is 11.5 Å². The summed E-state index contributed by atoms with van der Waals surface area (Å²) in [7, 11) is 0. The minimum atomic E-state index is 0.102. The molecule has 1 heterocycles. The third kappa shape index (κ3) is 2.28. The largest absolute Gasteiger partial charge is 0.454 e. The summed E-state index contributed by atoms with van der Waals surface area (Å²) in [5.41, 5.74) is 1.14. The number of likely N-dealkylation sites (N-methyl/N-ethyl adjacent to an activating group) is 1. The molecule has 4 nitrogen and oxygen atoms in total. The van der Waals surface area contributed by atoms with E-state index in [0.717, 1.165) is 23.5 Å². The van der Waals surface area contributed by atoms with Gasteiger partial charge in [-0.2, -0.15) is 5.06 Å². The fraction of sp³-hybridized carbons (Fsp3) is 0.500. The first-order valence-corrected chi connectivity index (χ1v) is 5.54. The molecule has 0 radical (unpaired) electrons. The number of hydrogen-bond donors (Lipinski definition) is 1. The van der Waals surface area contributed by atoms with Gasteiger partial charge in [-0.1, -0.05) is 13.0 Å². The number of fused-ring (bicyclic) bond motifs is 1. The fourth-order valence-corrected chi connectivity index (χ4v) is 1.83. The van der Waals surface area contributed by atoms with Gasteiger partial charge in [0.25, 0.3) is 0 Å². The summed E-state index contributed by atoms with van der Waals surface area (Å²) in [6.07, 6.45) is 0.793. The van der Waals surface area contributed by atoms with E-state index in [9.17, 15) is 5.21 Å². The van der Waals surface area contributed by atoms with E-state index >= 15 is 0 Å². The number of ether oxygens (including phenoxy) is 2. The SMILES string of the molecule is CCN(O)C(C)Cc1ccc2c(c1)OCO2. The van der Waals surface area contributed by atoms with Gasteiger partial charge in [0.1, 0.15) is 0 Å². The Bertz CT molecular complexity index is 367. The quantitative estimate of drug-likeness (QED) is 0.793. The predicted molar refractivity (Wildman–Crippen MR) is 59.9 cm³/mol. The lowest BCUT2D eigenvalue weighted by Gasteiger charge is -2.20. The van der Waals surface area contributed by atoms with Crippen LogP contribution in [0.15, 0.2) is 18.2 Å². The van der Waals surface area contributed by atoms with Gasteiger partial charge in [0, 0.05) is 12.6 Å². The molecule has 0 saturated heterocycles. The Morgan fingerprint density at radius 3 is 2.88 bits per heavy atom. The molecule has 88 valence electrons. The molecule has 1 aromatic carbocycles. The van der Waals surface area contributed by atoms with Crippen molar-refractivity contribution in [1.29, 1.82) is 0 Å². The van der Waals surface area contributed by atoms with Gasteiger partial charge < -0.3 is 14.7 Å². The Balaban J connectivity index is 2.05. The van der Waals surface area contributed by atoms with Gasteiger partial charge in [0.2, 0.25) is 6.79 Å². The van der Waals surface area contributed by atoms with Gasteiger partial charge in [-0.25, -0.2) is 0 Å². The normalized spacial score (nSPS) is 15.5. The van der Waals surface area contributed by atoms with Crippen LogP contribution >= 0.6 is 0 Å². The number of hydroxylamine groups is 2. The van der Waals surface area contributed by atoms with Gasteiger partial charge in [-0.15, -0.1) is 0 Å². The van der Waals surface area contributed by atoms with E-state index in [-0.39, 0.29) is 6.04 Å². The Hall–Kier alpha value is -1.26. The van der Waals surface area contributed by atoms with Crippen molar-refractivity contribution in [2.45, 2.75) is 26.3 Å². The molecule has 0 spiro atoms. The molecule has 1 N–H and O–H groups in total. The van der Waals surface area contributed by atoms with Gasteiger partial charge in [-0.05, 0) is 31.0 Å². The summed E-state index contributed by atoms with van der Waals surface area (Å²) in [5.74, 6) is 1.60. The van der Waals surface area contributed by atoms with Gasteiger partial charge >= 0.3 is 0 Å². The summed E-state index contributed by atoms with van der Waals surface area (Å²) in [6, 6.07) is 6.00. The van der Waals surface area contributed by atoms with Crippen LogP contribution in [-0.2, 0) is 6.42 Å². The topological polar surface area (TPSA) is 41.9 Å². The molecule has 4 heteroatoms. The van der Waals surface area contributed by atoms with Crippen molar-refractivity contribution in [1.82, 2.24) is 5.06 Å². The summed E-state index contributed by atoms with van der Waals surface area (Å²) >= 11 is 0.